The van der Waals surface area contributed by atoms with Crippen LogP contribution in [0.25, 0.3) is 11.3 Å². The molecule has 5 rings (SSSR count). The van der Waals surface area contributed by atoms with Gasteiger partial charge in [-0.3, -0.25) is 0 Å². The van der Waals surface area contributed by atoms with Gasteiger partial charge in [-0.05, 0) is 53.9 Å². The lowest BCUT2D eigenvalue weighted by atomic mass is 9.99. The summed E-state index contributed by atoms with van der Waals surface area (Å²) >= 11 is 8.82. The molecule has 188 valence electrons. The minimum atomic E-state index is -1.01. The number of ether oxygens (including phenoxy) is 1. The Morgan fingerprint density at radius 3 is 2.59 bits per heavy atom. The Labute approximate surface area is 222 Å². The third-order valence-corrected chi connectivity index (χ3v) is 6.94. The smallest absolute Gasteiger partial charge is 0.213 e. The number of pyridine rings is 1. The summed E-state index contributed by atoms with van der Waals surface area (Å²) in [6.07, 6.45) is 2.89. The highest BCUT2D eigenvalue weighted by Gasteiger charge is 2.21. The van der Waals surface area contributed by atoms with Crippen LogP contribution in [0.1, 0.15) is 11.1 Å². The topological polar surface area (TPSA) is 59.1 Å². The molecule has 1 aliphatic rings. The Morgan fingerprint density at radius 2 is 1.84 bits per heavy atom. The van der Waals surface area contributed by atoms with E-state index in [2.05, 4.69) is 20.0 Å². The molecular formula is C25H15ClF4N4OS2. The van der Waals surface area contributed by atoms with E-state index in [1.54, 1.807) is 23.0 Å². The summed E-state index contributed by atoms with van der Waals surface area (Å²) in [5, 5.41) is 4.99. The second-order valence-corrected chi connectivity index (χ2v) is 9.61. The number of anilines is 1. The highest BCUT2D eigenvalue weighted by Crippen LogP contribution is 2.36. The lowest BCUT2D eigenvalue weighted by Gasteiger charge is -2.23. The molecule has 1 aliphatic heterocycles. The Hall–Kier alpha value is -3.54. The quantitative estimate of drug-likeness (QED) is 0.140. The first-order valence-corrected chi connectivity index (χ1v) is 12.7. The average molecular weight is 563 g/mol. The molecule has 0 unspecified atom stereocenters. The number of hydrogen-bond donors (Lipinski definition) is 2. The van der Waals surface area contributed by atoms with E-state index in [4.69, 9.17) is 16.3 Å². The van der Waals surface area contributed by atoms with Crippen LogP contribution in [0.2, 0.25) is 5.02 Å². The van der Waals surface area contributed by atoms with Gasteiger partial charge in [0, 0.05) is 40.5 Å². The molecule has 0 amide bonds. The molecule has 4 aromatic rings. The van der Waals surface area contributed by atoms with Crippen molar-refractivity contribution in [2.75, 3.05) is 11.3 Å². The third-order valence-electron chi connectivity index (χ3n) is 5.21. The van der Waals surface area contributed by atoms with Crippen molar-refractivity contribution in [3.8, 4) is 5.75 Å². The Balaban J connectivity index is 1.49. The first kappa shape index (κ1) is 25.1. The molecule has 2 aromatic heterocycles. The second kappa shape index (κ2) is 10.8. The van der Waals surface area contributed by atoms with E-state index in [1.807, 2.05) is 0 Å². The highest BCUT2D eigenvalue weighted by atomic mass is 35.5. The van der Waals surface area contributed by atoms with Crippen LogP contribution in [0.15, 0.2) is 76.3 Å². The normalized spacial score (nSPS) is 13.3. The molecule has 3 heterocycles. The van der Waals surface area contributed by atoms with Crippen LogP contribution >= 0.6 is 34.9 Å². The fraction of sp³-hybridized carbons (Fsp3) is 0.0400. The van der Waals surface area contributed by atoms with E-state index < -0.39 is 23.4 Å². The molecule has 0 fully saturated rings. The molecule has 37 heavy (non-hydrogen) atoms. The molecule has 0 radical (unpaired) electrons. The van der Waals surface area contributed by atoms with Crippen molar-refractivity contribution < 1.29 is 22.3 Å². The van der Waals surface area contributed by atoms with Crippen molar-refractivity contribution in [2.45, 2.75) is 4.90 Å². The summed E-state index contributed by atoms with van der Waals surface area (Å²) in [4.78, 5) is 7.88. The monoisotopic (exact) mass is 562 g/mol. The van der Waals surface area contributed by atoms with Gasteiger partial charge in [-0.2, -0.15) is 4.39 Å². The number of rotatable bonds is 7. The molecule has 12 heteroatoms. The lowest BCUT2D eigenvalue weighted by molar-refractivity contribution is 0.409. The molecule has 0 bridgehead atoms. The van der Waals surface area contributed by atoms with E-state index >= 15 is 0 Å². The number of halogens is 5. The maximum Gasteiger partial charge on any atom is 0.213 e. The van der Waals surface area contributed by atoms with Gasteiger partial charge >= 0.3 is 0 Å². The highest BCUT2D eigenvalue weighted by molar-refractivity contribution is 8.00. The maximum atomic E-state index is 14.9. The Bertz CT molecular complexity index is 1530. The van der Waals surface area contributed by atoms with Crippen LogP contribution in [-0.4, -0.2) is 16.5 Å². The molecule has 0 saturated heterocycles. The number of thiazole rings is 1. The molecule has 0 aliphatic carbocycles. The van der Waals surface area contributed by atoms with Crippen LogP contribution in [0.4, 0.5) is 23.4 Å². The predicted molar refractivity (Wildman–Crippen MR) is 137 cm³/mol. The summed E-state index contributed by atoms with van der Waals surface area (Å²) in [6.45, 7) is 0.0733. The fourth-order valence-electron chi connectivity index (χ4n) is 3.47. The van der Waals surface area contributed by atoms with Crippen LogP contribution in [0.3, 0.4) is 0 Å². The van der Waals surface area contributed by atoms with Crippen LogP contribution in [-0.2, 0) is 0 Å². The maximum absolute atomic E-state index is 14.9. The van der Waals surface area contributed by atoms with E-state index in [1.165, 1.54) is 35.7 Å². The van der Waals surface area contributed by atoms with E-state index in [-0.39, 0.29) is 22.2 Å². The van der Waals surface area contributed by atoms with Crippen LogP contribution < -0.4 is 14.8 Å². The molecule has 0 atom stereocenters. The van der Waals surface area contributed by atoms with Gasteiger partial charge < -0.3 is 14.8 Å². The van der Waals surface area contributed by atoms with Crippen molar-refractivity contribution in [2.24, 2.45) is 0 Å². The zero-order valence-corrected chi connectivity index (χ0v) is 21.0. The molecule has 0 spiro atoms. The lowest BCUT2D eigenvalue weighted by Crippen LogP contribution is -2.23. The van der Waals surface area contributed by atoms with Gasteiger partial charge in [0.1, 0.15) is 23.1 Å². The van der Waals surface area contributed by atoms with Gasteiger partial charge in [-0.15, -0.1) is 11.3 Å². The van der Waals surface area contributed by atoms with Crippen molar-refractivity contribution in [3.63, 3.8) is 0 Å². The van der Waals surface area contributed by atoms with E-state index in [0.29, 0.717) is 34.0 Å². The van der Waals surface area contributed by atoms with Gasteiger partial charge in [0.25, 0.3) is 0 Å². The number of benzene rings is 2. The van der Waals surface area contributed by atoms with Gasteiger partial charge in [0.2, 0.25) is 5.95 Å². The summed E-state index contributed by atoms with van der Waals surface area (Å²) < 4.78 is 65.0. The Morgan fingerprint density at radius 1 is 0.973 bits per heavy atom. The summed E-state index contributed by atoms with van der Waals surface area (Å²) in [6, 6.07) is 8.82. The largest absolute Gasteiger partial charge is 0.458 e. The zero-order valence-electron chi connectivity index (χ0n) is 18.6. The number of allylic oxidation sites excluding steroid dienone is 2. The van der Waals surface area contributed by atoms with Crippen molar-refractivity contribution in [3.05, 3.63) is 111 Å². The van der Waals surface area contributed by atoms with Crippen LogP contribution in [0, 0.1) is 23.4 Å². The van der Waals surface area contributed by atoms with Crippen LogP contribution in [0.5, 0.6) is 5.75 Å². The molecular weight excluding hydrogens is 548 g/mol. The molecule has 5 nitrogen and oxygen atoms in total. The predicted octanol–water partition coefficient (Wildman–Crippen LogP) is 7.30. The number of hydrogen-bond acceptors (Lipinski definition) is 7. The minimum absolute atomic E-state index is 0.0469. The number of nitrogens with zero attached hydrogens (tertiary/aromatic N) is 2. The van der Waals surface area contributed by atoms with Gasteiger partial charge in [0.05, 0.1) is 22.0 Å². The van der Waals surface area contributed by atoms with Crippen molar-refractivity contribution >= 4 is 52.0 Å². The summed E-state index contributed by atoms with van der Waals surface area (Å²) in [5.74, 6) is -2.34. The Kier molecular flexibility index (Phi) is 7.36. The first-order valence-electron chi connectivity index (χ1n) is 10.6. The first-order chi connectivity index (χ1) is 17.9. The number of aromatic nitrogens is 2. The summed E-state index contributed by atoms with van der Waals surface area (Å²) in [7, 11) is 0. The fourth-order valence-corrected chi connectivity index (χ4v) is 4.96. The van der Waals surface area contributed by atoms with E-state index in [9.17, 15) is 17.6 Å². The SMILES string of the molecule is Fc1cc(C2=C(Oc3cc(F)c(SNc4cscn4)cc3Cl)CNC(c3ccc(F)c(F)c3)=C2)ccn1. The third kappa shape index (κ3) is 5.74. The number of nitrogens with one attached hydrogen (secondary N) is 2. The molecule has 0 saturated carbocycles. The second-order valence-electron chi connectivity index (χ2n) is 7.64. The van der Waals surface area contributed by atoms with Crippen molar-refractivity contribution in [1.29, 1.82) is 0 Å². The zero-order chi connectivity index (χ0) is 25.9. The summed E-state index contributed by atoms with van der Waals surface area (Å²) in [5.41, 5.74) is 3.33. The average Bonchev–Trinajstić information content (AvgIpc) is 3.41. The van der Waals surface area contributed by atoms with Gasteiger partial charge in [0.15, 0.2) is 11.6 Å². The molecule has 2 N–H and O–H groups in total. The van der Waals surface area contributed by atoms with Gasteiger partial charge in [-0.25, -0.2) is 23.1 Å². The van der Waals surface area contributed by atoms with E-state index in [0.717, 1.165) is 30.1 Å². The minimum Gasteiger partial charge on any atom is -0.458 e. The van der Waals surface area contributed by atoms with Gasteiger partial charge in [-0.1, -0.05) is 11.6 Å². The number of dihydropyridines is 1. The van der Waals surface area contributed by atoms with Crippen molar-refractivity contribution in [1.82, 2.24) is 15.3 Å². The standard InChI is InChI=1S/C25H15ClF4N4OS2/c26-16-8-23(37-34-25-11-36-12-33-25)19(29)9-21(16)35-22-10-32-20(14-1-2-17(27)18(28)5-14)7-15(22)13-3-4-31-24(30)6-13/h1-9,11-12,32,34H,10H2. The molecule has 2 aromatic carbocycles.